The average molecular weight is 278 g/mol. The maximum atomic E-state index is 10.4. The van der Waals surface area contributed by atoms with Gasteiger partial charge in [-0.3, -0.25) is 4.98 Å². The van der Waals surface area contributed by atoms with E-state index in [-0.39, 0.29) is 12.0 Å². The molecule has 1 aliphatic heterocycles. The molecule has 0 spiro atoms. The fourth-order valence-corrected chi connectivity index (χ4v) is 3.17. The number of pyridine rings is 1. The summed E-state index contributed by atoms with van der Waals surface area (Å²) >= 11 is 0. The number of β-amino-alcohol motifs (C(OH)–C–C–N with tert-alkyl or cyclic N) is 1. The van der Waals surface area contributed by atoms with Gasteiger partial charge < -0.3 is 15.1 Å². The lowest BCUT2D eigenvalue weighted by molar-refractivity contribution is -0.0781. The van der Waals surface area contributed by atoms with Crippen molar-refractivity contribution in [2.45, 2.75) is 38.7 Å². The third-order valence-electron chi connectivity index (χ3n) is 4.57. The van der Waals surface area contributed by atoms with E-state index in [4.69, 9.17) is 0 Å². The molecular formula is C16H26N2O2. The van der Waals surface area contributed by atoms with Gasteiger partial charge in [0.2, 0.25) is 0 Å². The van der Waals surface area contributed by atoms with Crippen LogP contribution in [0.5, 0.6) is 0 Å². The molecule has 0 saturated carbocycles. The summed E-state index contributed by atoms with van der Waals surface area (Å²) in [7, 11) is 0. The predicted molar refractivity (Wildman–Crippen MR) is 79.4 cm³/mol. The maximum Gasteiger partial charge on any atom is 0.0745 e. The van der Waals surface area contributed by atoms with Gasteiger partial charge in [-0.2, -0.15) is 0 Å². The number of hydrogen-bond donors (Lipinski definition) is 2. The second kappa shape index (κ2) is 7.16. The largest absolute Gasteiger partial charge is 0.396 e. The molecule has 1 aromatic rings. The number of aliphatic hydroxyl groups excluding tert-OH is 2. The van der Waals surface area contributed by atoms with Crippen LogP contribution in [0, 0.1) is 5.41 Å². The zero-order valence-electron chi connectivity index (χ0n) is 12.3. The average Bonchev–Trinajstić information content (AvgIpc) is 2.49. The molecule has 20 heavy (non-hydrogen) atoms. The van der Waals surface area contributed by atoms with Crippen LogP contribution in [0.25, 0.3) is 0 Å². The van der Waals surface area contributed by atoms with Crippen molar-refractivity contribution in [3.8, 4) is 0 Å². The first-order valence-corrected chi connectivity index (χ1v) is 7.60. The molecular weight excluding hydrogens is 252 g/mol. The van der Waals surface area contributed by atoms with Gasteiger partial charge in [-0.15, -0.1) is 0 Å². The normalized spacial score (nSPS) is 27.6. The Balaban J connectivity index is 1.86. The van der Waals surface area contributed by atoms with Crippen LogP contribution >= 0.6 is 0 Å². The molecule has 4 nitrogen and oxygen atoms in total. The van der Waals surface area contributed by atoms with Gasteiger partial charge in [0.15, 0.2) is 0 Å². The topological polar surface area (TPSA) is 56.6 Å². The van der Waals surface area contributed by atoms with Crippen molar-refractivity contribution in [1.82, 2.24) is 9.88 Å². The molecule has 2 heterocycles. The third-order valence-corrected chi connectivity index (χ3v) is 4.57. The molecule has 0 amide bonds. The molecule has 1 fully saturated rings. The van der Waals surface area contributed by atoms with Crippen LogP contribution in [0.4, 0.5) is 0 Å². The molecule has 2 atom stereocenters. The zero-order chi connectivity index (χ0) is 14.4. The number of likely N-dealkylation sites (tertiary alicyclic amines) is 1. The summed E-state index contributed by atoms with van der Waals surface area (Å²) in [5, 5.41) is 20.1. The molecule has 4 heteroatoms. The Morgan fingerprint density at radius 2 is 2.35 bits per heavy atom. The van der Waals surface area contributed by atoms with Gasteiger partial charge in [0.05, 0.1) is 12.7 Å². The van der Waals surface area contributed by atoms with E-state index >= 15 is 0 Å². The van der Waals surface area contributed by atoms with Crippen molar-refractivity contribution in [2.24, 2.45) is 5.41 Å². The Hall–Kier alpha value is -0.970. The van der Waals surface area contributed by atoms with E-state index in [1.54, 1.807) is 6.20 Å². The molecule has 0 unspecified atom stereocenters. The van der Waals surface area contributed by atoms with Gasteiger partial charge in [-0.05, 0) is 37.4 Å². The van der Waals surface area contributed by atoms with E-state index < -0.39 is 6.10 Å². The van der Waals surface area contributed by atoms with E-state index in [1.807, 2.05) is 12.3 Å². The molecule has 1 saturated heterocycles. The molecule has 2 N–H and O–H groups in total. The van der Waals surface area contributed by atoms with Crippen molar-refractivity contribution in [2.75, 3.05) is 26.2 Å². The van der Waals surface area contributed by atoms with Gasteiger partial charge in [0, 0.05) is 30.9 Å². The van der Waals surface area contributed by atoms with Crippen LogP contribution in [0.1, 0.15) is 31.7 Å². The van der Waals surface area contributed by atoms with Gasteiger partial charge >= 0.3 is 0 Å². The highest BCUT2D eigenvalue weighted by Crippen LogP contribution is 2.35. The second-order valence-electron chi connectivity index (χ2n) is 5.95. The Labute approximate surface area is 121 Å². The summed E-state index contributed by atoms with van der Waals surface area (Å²) in [6.45, 7) is 4.77. The molecule has 1 aliphatic rings. The van der Waals surface area contributed by atoms with Crippen molar-refractivity contribution in [3.63, 3.8) is 0 Å². The molecule has 2 rings (SSSR count). The zero-order valence-corrected chi connectivity index (χ0v) is 12.3. The Morgan fingerprint density at radius 3 is 2.95 bits per heavy atom. The van der Waals surface area contributed by atoms with Crippen molar-refractivity contribution in [1.29, 1.82) is 0 Å². The van der Waals surface area contributed by atoms with Crippen molar-refractivity contribution in [3.05, 3.63) is 30.1 Å². The van der Waals surface area contributed by atoms with Gasteiger partial charge in [0.1, 0.15) is 0 Å². The SMILES string of the molecule is CCC[C@]1(CO)CCN(CCc2cccnc2)C[C@@H]1O. The number of piperidine rings is 1. The molecule has 1 aromatic heterocycles. The van der Waals surface area contributed by atoms with Crippen LogP contribution in [-0.4, -0.2) is 52.4 Å². The van der Waals surface area contributed by atoms with Gasteiger partial charge in [-0.1, -0.05) is 19.4 Å². The maximum absolute atomic E-state index is 10.4. The summed E-state index contributed by atoms with van der Waals surface area (Å²) in [4.78, 5) is 6.42. The number of rotatable bonds is 6. The standard InChI is InChI=1S/C16H26N2O2/c1-2-6-16(13-19)7-10-18(12-15(16)20)9-5-14-4-3-8-17-11-14/h3-4,8,11,15,19-20H,2,5-7,9-10,12-13H2,1H3/t15-,16+/m0/s1. The van der Waals surface area contributed by atoms with E-state index in [2.05, 4.69) is 22.9 Å². The molecule has 0 bridgehead atoms. The number of hydrogen-bond acceptors (Lipinski definition) is 4. The predicted octanol–water partition coefficient (Wildman–Crippen LogP) is 1.47. The second-order valence-corrected chi connectivity index (χ2v) is 5.95. The van der Waals surface area contributed by atoms with Crippen LogP contribution in [-0.2, 0) is 6.42 Å². The Morgan fingerprint density at radius 1 is 1.50 bits per heavy atom. The van der Waals surface area contributed by atoms with Crippen LogP contribution in [0.3, 0.4) is 0 Å². The highest BCUT2D eigenvalue weighted by Gasteiger charge is 2.40. The number of aromatic nitrogens is 1. The van der Waals surface area contributed by atoms with E-state index in [1.165, 1.54) is 5.56 Å². The summed E-state index contributed by atoms with van der Waals surface area (Å²) in [5.74, 6) is 0. The lowest BCUT2D eigenvalue weighted by Crippen LogP contribution is -2.53. The van der Waals surface area contributed by atoms with Gasteiger partial charge in [-0.25, -0.2) is 0 Å². The minimum atomic E-state index is -0.421. The highest BCUT2D eigenvalue weighted by atomic mass is 16.3. The van der Waals surface area contributed by atoms with Gasteiger partial charge in [0.25, 0.3) is 0 Å². The van der Waals surface area contributed by atoms with Crippen molar-refractivity contribution < 1.29 is 10.2 Å². The van der Waals surface area contributed by atoms with Crippen LogP contribution in [0.2, 0.25) is 0 Å². The van der Waals surface area contributed by atoms with Crippen LogP contribution in [0.15, 0.2) is 24.5 Å². The van der Waals surface area contributed by atoms with Crippen molar-refractivity contribution >= 4 is 0 Å². The summed E-state index contributed by atoms with van der Waals surface area (Å²) in [5.41, 5.74) is 0.953. The van der Waals surface area contributed by atoms with E-state index in [9.17, 15) is 10.2 Å². The fourth-order valence-electron chi connectivity index (χ4n) is 3.17. The van der Waals surface area contributed by atoms with E-state index in [0.717, 1.165) is 38.8 Å². The number of aliphatic hydroxyl groups is 2. The monoisotopic (exact) mass is 278 g/mol. The first-order valence-electron chi connectivity index (χ1n) is 7.60. The first kappa shape index (κ1) is 15.4. The summed E-state index contributed by atoms with van der Waals surface area (Å²) < 4.78 is 0. The lowest BCUT2D eigenvalue weighted by atomic mass is 9.73. The number of nitrogens with zero attached hydrogens (tertiary/aromatic N) is 2. The Bertz CT molecular complexity index is 399. The molecule has 0 aromatic carbocycles. The lowest BCUT2D eigenvalue weighted by Gasteiger charge is -2.44. The fraction of sp³-hybridized carbons (Fsp3) is 0.688. The first-order chi connectivity index (χ1) is 9.70. The molecule has 0 aliphatic carbocycles. The minimum absolute atomic E-state index is 0.0957. The third kappa shape index (κ3) is 3.57. The smallest absolute Gasteiger partial charge is 0.0745 e. The quantitative estimate of drug-likeness (QED) is 0.827. The highest BCUT2D eigenvalue weighted by molar-refractivity contribution is 5.09. The van der Waals surface area contributed by atoms with Crippen LogP contribution < -0.4 is 0 Å². The molecule has 112 valence electrons. The Kier molecular flexibility index (Phi) is 5.52. The summed E-state index contributed by atoms with van der Waals surface area (Å²) in [6, 6.07) is 4.04. The molecule has 0 radical (unpaired) electrons. The van der Waals surface area contributed by atoms with E-state index in [0.29, 0.717) is 6.54 Å². The summed E-state index contributed by atoms with van der Waals surface area (Å²) in [6.07, 6.45) is 7.01. The minimum Gasteiger partial charge on any atom is -0.396 e.